The molecule has 0 bridgehead atoms. The van der Waals surface area contributed by atoms with Crippen molar-refractivity contribution in [2.75, 3.05) is 19.6 Å². The molecule has 3 N–H and O–H groups in total. The van der Waals surface area contributed by atoms with Crippen LogP contribution in [0.2, 0.25) is 0 Å². The minimum absolute atomic E-state index is 0.00247. The second-order valence-electron chi connectivity index (χ2n) is 5.72. The van der Waals surface area contributed by atoms with Gasteiger partial charge in [0.2, 0.25) is 5.91 Å². The number of amides is 1. The van der Waals surface area contributed by atoms with E-state index in [0.717, 1.165) is 24.9 Å². The van der Waals surface area contributed by atoms with E-state index in [1.54, 1.807) is 19.1 Å². The predicted molar refractivity (Wildman–Crippen MR) is 81.3 cm³/mol. The van der Waals surface area contributed by atoms with Crippen LogP contribution in [0.4, 0.5) is 4.39 Å². The number of nitrogens with one attached hydrogen (secondary N) is 1. The highest BCUT2D eigenvalue weighted by Crippen LogP contribution is 2.15. The van der Waals surface area contributed by atoms with Crippen LogP contribution in [0.3, 0.4) is 0 Å². The Labute approximate surface area is 125 Å². The van der Waals surface area contributed by atoms with Crippen LogP contribution >= 0.6 is 0 Å². The minimum atomic E-state index is -0.218. The van der Waals surface area contributed by atoms with Gasteiger partial charge in [-0.15, -0.1) is 0 Å². The molecular formula is C16H24FN3O. The Kier molecular flexibility index (Phi) is 5.70. The summed E-state index contributed by atoms with van der Waals surface area (Å²) in [5, 5.41) is 2.89. The van der Waals surface area contributed by atoms with Crippen LogP contribution < -0.4 is 11.1 Å². The van der Waals surface area contributed by atoms with Crippen LogP contribution in [0.15, 0.2) is 18.2 Å². The summed E-state index contributed by atoms with van der Waals surface area (Å²) < 4.78 is 13.2. The lowest BCUT2D eigenvalue weighted by atomic mass is 10.0. The van der Waals surface area contributed by atoms with Crippen molar-refractivity contribution in [1.82, 2.24) is 10.2 Å². The lowest BCUT2D eigenvalue weighted by molar-refractivity contribution is -0.123. The van der Waals surface area contributed by atoms with Crippen molar-refractivity contribution in [3.8, 4) is 0 Å². The third-order valence-corrected chi connectivity index (χ3v) is 4.08. The molecule has 0 aliphatic carbocycles. The topological polar surface area (TPSA) is 58.4 Å². The Morgan fingerprint density at radius 3 is 3.00 bits per heavy atom. The number of piperidine rings is 1. The summed E-state index contributed by atoms with van der Waals surface area (Å²) in [6, 6.07) is 5.22. The van der Waals surface area contributed by atoms with Gasteiger partial charge in [-0.25, -0.2) is 4.39 Å². The molecule has 0 aromatic heterocycles. The van der Waals surface area contributed by atoms with Gasteiger partial charge in [0, 0.05) is 19.1 Å². The molecule has 1 unspecified atom stereocenters. The molecule has 1 atom stereocenters. The standard InChI is InChI=1S/C16H24FN3O/c1-12-8-13(5-6-15(12)17)10-19-16(21)11-20-7-3-2-4-14(20)9-18/h5-6,8,14H,2-4,7,9-11,18H2,1H3,(H,19,21). The lowest BCUT2D eigenvalue weighted by Crippen LogP contribution is -2.48. The summed E-state index contributed by atoms with van der Waals surface area (Å²) in [7, 11) is 0. The van der Waals surface area contributed by atoms with Crippen LogP contribution in [-0.2, 0) is 11.3 Å². The van der Waals surface area contributed by atoms with E-state index < -0.39 is 0 Å². The van der Waals surface area contributed by atoms with Crippen molar-refractivity contribution in [1.29, 1.82) is 0 Å². The highest BCUT2D eigenvalue weighted by Gasteiger charge is 2.22. The zero-order chi connectivity index (χ0) is 15.2. The van der Waals surface area contributed by atoms with Crippen molar-refractivity contribution in [3.05, 3.63) is 35.1 Å². The normalized spacial score (nSPS) is 19.5. The number of benzene rings is 1. The number of rotatable bonds is 5. The molecule has 4 nitrogen and oxygen atoms in total. The quantitative estimate of drug-likeness (QED) is 0.866. The largest absolute Gasteiger partial charge is 0.351 e. The Hall–Kier alpha value is -1.46. The molecule has 0 radical (unpaired) electrons. The van der Waals surface area contributed by atoms with Crippen molar-refractivity contribution < 1.29 is 9.18 Å². The monoisotopic (exact) mass is 293 g/mol. The number of nitrogens with two attached hydrogens (primary N) is 1. The second kappa shape index (κ2) is 7.52. The van der Waals surface area contributed by atoms with Gasteiger partial charge in [-0.2, -0.15) is 0 Å². The maximum atomic E-state index is 13.2. The molecule has 1 aliphatic rings. The molecule has 1 fully saturated rings. The Morgan fingerprint density at radius 1 is 1.48 bits per heavy atom. The summed E-state index contributed by atoms with van der Waals surface area (Å²) in [5.41, 5.74) is 7.27. The third-order valence-electron chi connectivity index (χ3n) is 4.08. The fourth-order valence-corrected chi connectivity index (χ4v) is 2.79. The number of hydrogen-bond donors (Lipinski definition) is 2. The van der Waals surface area contributed by atoms with E-state index in [9.17, 15) is 9.18 Å². The minimum Gasteiger partial charge on any atom is -0.351 e. The van der Waals surface area contributed by atoms with Gasteiger partial charge in [0.15, 0.2) is 0 Å². The van der Waals surface area contributed by atoms with Crippen molar-refractivity contribution in [3.63, 3.8) is 0 Å². The van der Waals surface area contributed by atoms with Gasteiger partial charge in [-0.05, 0) is 43.5 Å². The molecule has 21 heavy (non-hydrogen) atoms. The van der Waals surface area contributed by atoms with Crippen molar-refractivity contribution >= 4 is 5.91 Å². The van der Waals surface area contributed by atoms with Crippen molar-refractivity contribution in [2.45, 2.75) is 38.8 Å². The van der Waals surface area contributed by atoms with E-state index in [4.69, 9.17) is 5.73 Å². The molecule has 0 spiro atoms. The number of nitrogens with zero attached hydrogens (tertiary/aromatic N) is 1. The fourth-order valence-electron chi connectivity index (χ4n) is 2.79. The fraction of sp³-hybridized carbons (Fsp3) is 0.562. The Morgan fingerprint density at radius 2 is 2.29 bits per heavy atom. The van der Waals surface area contributed by atoms with Crippen LogP contribution in [0.5, 0.6) is 0 Å². The summed E-state index contributed by atoms with van der Waals surface area (Å²) in [4.78, 5) is 14.2. The molecule has 1 aliphatic heterocycles. The molecule has 1 aromatic rings. The first-order chi connectivity index (χ1) is 10.1. The van der Waals surface area contributed by atoms with Crippen molar-refractivity contribution in [2.24, 2.45) is 5.73 Å². The van der Waals surface area contributed by atoms with Gasteiger partial charge in [-0.1, -0.05) is 18.6 Å². The first kappa shape index (κ1) is 15.9. The number of likely N-dealkylation sites (tertiary alicyclic amines) is 1. The Bertz CT molecular complexity index is 492. The van der Waals surface area contributed by atoms with E-state index in [2.05, 4.69) is 10.2 Å². The molecule has 1 amide bonds. The smallest absolute Gasteiger partial charge is 0.234 e. The first-order valence-electron chi connectivity index (χ1n) is 7.56. The van der Waals surface area contributed by atoms with Gasteiger partial charge < -0.3 is 11.1 Å². The average Bonchev–Trinajstić information content (AvgIpc) is 2.49. The van der Waals surface area contributed by atoms with E-state index in [0.29, 0.717) is 31.2 Å². The molecule has 0 saturated carbocycles. The molecular weight excluding hydrogens is 269 g/mol. The number of carbonyl (C=O) groups excluding carboxylic acids is 1. The second-order valence-corrected chi connectivity index (χ2v) is 5.72. The molecule has 1 heterocycles. The molecule has 1 saturated heterocycles. The highest BCUT2D eigenvalue weighted by molar-refractivity contribution is 5.78. The van der Waals surface area contributed by atoms with Gasteiger partial charge in [0.05, 0.1) is 6.54 Å². The van der Waals surface area contributed by atoms with Crippen LogP contribution in [-0.4, -0.2) is 36.5 Å². The third kappa shape index (κ3) is 4.51. The van der Waals surface area contributed by atoms with Gasteiger partial charge in [0.25, 0.3) is 0 Å². The number of halogens is 1. The summed E-state index contributed by atoms with van der Waals surface area (Å²) in [5.74, 6) is -0.221. The zero-order valence-corrected chi connectivity index (χ0v) is 12.6. The highest BCUT2D eigenvalue weighted by atomic mass is 19.1. The molecule has 5 heteroatoms. The van der Waals surface area contributed by atoms with Gasteiger partial charge in [0.1, 0.15) is 5.82 Å². The SMILES string of the molecule is Cc1cc(CNC(=O)CN2CCCCC2CN)ccc1F. The summed E-state index contributed by atoms with van der Waals surface area (Å²) >= 11 is 0. The number of hydrogen-bond acceptors (Lipinski definition) is 3. The zero-order valence-electron chi connectivity index (χ0n) is 12.6. The summed E-state index contributed by atoms with van der Waals surface area (Å²) in [6.07, 6.45) is 3.39. The van der Waals surface area contributed by atoms with E-state index in [1.165, 1.54) is 12.5 Å². The molecule has 1 aromatic carbocycles. The maximum absolute atomic E-state index is 13.2. The number of carbonyl (C=O) groups is 1. The van der Waals surface area contributed by atoms with Crippen LogP contribution in [0, 0.1) is 12.7 Å². The Balaban J connectivity index is 1.82. The average molecular weight is 293 g/mol. The lowest BCUT2D eigenvalue weighted by Gasteiger charge is -2.34. The predicted octanol–water partition coefficient (Wildman–Crippen LogP) is 1.56. The number of aryl methyl sites for hydroxylation is 1. The maximum Gasteiger partial charge on any atom is 0.234 e. The van der Waals surface area contributed by atoms with E-state index in [-0.39, 0.29) is 11.7 Å². The van der Waals surface area contributed by atoms with Crippen LogP contribution in [0.25, 0.3) is 0 Å². The molecule has 2 rings (SSSR count). The summed E-state index contributed by atoms with van der Waals surface area (Å²) in [6.45, 7) is 4.08. The van der Waals surface area contributed by atoms with Gasteiger partial charge >= 0.3 is 0 Å². The van der Waals surface area contributed by atoms with E-state index >= 15 is 0 Å². The first-order valence-corrected chi connectivity index (χ1v) is 7.56. The van der Waals surface area contributed by atoms with E-state index in [1.807, 2.05) is 0 Å². The molecule has 116 valence electrons. The van der Waals surface area contributed by atoms with Crippen LogP contribution in [0.1, 0.15) is 30.4 Å². The van der Waals surface area contributed by atoms with Gasteiger partial charge in [-0.3, -0.25) is 9.69 Å².